The number of carbonyl (C=O) groups excluding carboxylic acids is 1. The lowest BCUT2D eigenvalue weighted by atomic mass is 10.0. The van der Waals surface area contributed by atoms with Crippen molar-refractivity contribution >= 4 is 5.97 Å². The van der Waals surface area contributed by atoms with E-state index in [0.717, 1.165) is 19.3 Å². The van der Waals surface area contributed by atoms with Crippen molar-refractivity contribution in [3.8, 4) is 0 Å². The molecule has 3 nitrogen and oxygen atoms in total. The fourth-order valence-corrected chi connectivity index (χ4v) is 1.58. The summed E-state index contributed by atoms with van der Waals surface area (Å²) in [4.78, 5) is 11.6. The lowest BCUT2D eigenvalue weighted by Crippen LogP contribution is -2.18. The Kier molecular flexibility index (Phi) is 10.2. The number of hydrogen-bond donors (Lipinski definition) is 0. The van der Waals surface area contributed by atoms with Crippen LogP contribution in [0.5, 0.6) is 0 Å². The second kappa shape index (κ2) is 10.6. The summed E-state index contributed by atoms with van der Waals surface area (Å²) < 4.78 is 10.3. The van der Waals surface area contributed by atoms with Gasteiger partial charge in [0.05, 0.1) is 18.6 Å². The van der Waals surface area contributed by atoms with E-state index in [1.165, 1.54) is 19.3 Å². The molecule has 2 atom stereocenters. The summed E-state index contributed by atoms with van der Waals surface area (Å²) in [6, 6.07) is 0. The van der Waals surface area contributed by atoms with Crippen LogP contribution in [0.25, 0.3) is 0 Å². The van der Waals surface area contributed by atoms with Crippen molar-refractivity contribution in [2.75, 3.05) is 13.7 Å². The number of hydrogen-bond acceptors (Lipinski definition) is 3. The summed E-state index contributed by atoms with van der Waals surface area (Å²) in [6.07, 6.45) is 6.69. The number of methoxy groups -OCH3 is 1. The van der Waals surface area contributed by atoms with Crippen LogP contribution in [0.2, 0.25) is 0 Å². The first-order valence-corrected chi connectivity index (χ1v) is 6.81. The molecule has 102 valence electrons. The molecule has 0 aromatic heterocycles. The summed E-state index contributed by atoms with van der Waals surface area (Å²) in [5, 5.41) is 0. The van der Waals surface area contributed by atoms with E-state index >= 15 is 0 Å². The van der Waals surface area contributed by atoms with Crippen molar-refractivity contribution in [2.45, 2.75) is 65.4 Å². The van der Waals surface area contributed by atoms with E-state index in [0.29, 0.717) is 6.61 Å². The van der Waals surface area contributed by atoms with Crippen LogP contribution in [0.4, 0.5) is 0 Å². The van der Waals surface area contributed by atoms with Crippen LogP contribution in [0.15, 0.2) is 0 Å². The number of unbranched alkanes of at least 4 members (excludes halogenated alkanes) is 3. The minimum absolute atomic E-state index is 0.0321. The SMILES string of the molecule is CCCCCCC(C)C(=O)OCCC(C)OC. The highest BCUT2D eigenvalue weighted by atomic mass is 16.5. The van der Waals surface area contributed by atoms with E-state index in [9.17, 15) is 4.79 Å². The first-order chi connectivity index (χ1) is 8.11. The average Bonchev–Trinajstić information content (AvgIpc) is 2.33. The molecule has 0 aliphatic rings. The van der Waals surface area contributed by atoms with Crippen molar-refractivity contribution in [3.05, 3.63) is 0 Å². The van der Waals surface area contributed by atoms with E-state index in [2.05, 4.69) is 6.92 Å². The predicted molar refractivity (Wildman–Crippen MR) is 70.0 cm³/mol. The Morgan fingerprint density at radius 3 is 2.41 bits per heavy atom. The Hall–Kier alpha value is -0.570. The quantitative estimate of drug-likeness (QED) is 0.435. The first kappa shape index (κ1) is 16.4. The van der Waals surface area contributed by atoms with Crippen LogP contribution in [0.1, 0.15) is 59.3 Å². The lowest BCUT2D eigenvalue weighted by Gasteiger charge is -2.13. The average molecular weight is 244 g/mol. The zero-order chi connectivity index (χ0) is 13.1. The summed E-state index contributed by atoms with van der Waals surface area (Å²) in [5.74, 6) is -0.0329. The largest absolute Gasteiger partial charge is 0.465 e. The van der Waals surface area contributed by atoms with Gasteiger partial charge in [-0.1, -0.05) is 39.5 Å². The van der Waals surface area contributed by atoms with Gasteiger partial charge in [0.15, 0.2) is 0 Å². The van der Waals surface area contributed by atoms with Gasteiger partial charge in [0.25, 0.3) is 0 Å². The lowest BCUT2D eigenvalue weighted by molar-refractivity contribution is -0.148. The molecule has 0 saturated carbocycles. The molecule has 0 aliphatic heterocycles. The van der Waals surface area contributed by atoms with E-state index in [1.54, 1.807) is 7.11 Å². The van der Waals surface area contributed by atoms with Crippen molar-refractivity contribution in [2.24, 2.45) is 5.92 Å². The Morgan fingerprint density at radius 1 is 1.12 bits per heavy atom. The second-order valence-electron chi connectivity index (χ2n) is 4.75. The number of ether oxygens (including phenoxy) is 2. The maximum atomic E-state index is 11.6. The predicted octanol–water partition coefficient (Wildman–Crippen LogP) is 3.56. The van der Waals surface area contributed by atoms with Crippen LogP contribution < -0.4 is 0 Å². The Bertz CT molecular complexity index is 192. The monoisotopic (exact) mass is 244 g/mol. The van der Waals surface area contributed by atoms with Gasteiger partial charge in [0, 0.05) is 13.5 Å². The molecule has 0 N–H and O–H groups in total. The third kappa shape index (κ3) is 9.16. The van der Waals surface area contributed by atoms with E-state index in [1.807, 2.05) is 13.8 Å². The molecular formula is C14H28O3. The fourth-order valence-electron chi connectivity index (χ4n) is 1.58. The van der Waals surface area contributed by atoms with Crippen LogP contribution in [-0.2, 0) is 14.3 Å². The molecule has 0 spiro atoms. The van der Waals surface area contributed by atoms with Gasteiger partial charge in [-0.05, 0) is 13.3 Å². The van der Waals surface area contributed by atoms with Crippen molar-refractivity contribution in [3.63, 3.8) is 0 Å². The highest BCUT2D eigenvalue weighted by Crippen LogP contribution is 2.12. The van der Waals surface area contributed by atoms with Gasteiger partial charge in [-0.15, -0.1) is 0 Å². The van der Waals surface area contributed by atoms with Gasteiger partial charge in [-0.25, -0.2) is 0 Å². The molecule has 0 bridgehead atoms. The van der Waals surface area contributed by atoms with Crippen LogP contribution >= 0.6 is 0 Å². The molecule has 0 amide bonds. The highest BCUT2D eigenvalue weighted by Gasteiger charge is 2.14. The summed E-state index contributed by atoms with van der Waals surface area (Å²) >= 11 is 0. The molecule has 0 aromatic carbocycles. The smallest absolute Gasteiger partial charge is 0.308 e. The highest BCUT2D eigenvalue weighted by molar-refractivity contribution is 5.71. The minimum Gasteiger partial charge on any atom is -0.465 e. The molecule has 0 aliphatic carbocycles. The summed E-state index contributed by atoms with van der Waals surface area (Å²) in [7, 11) is 1.67. The molecule has 0 fully saturated rings. The molecular weight excluding hydrogens is 216 g/mol. The maximum Gasteiger partial charge on any atom is 0.308 e. The molecule has 17 heavy (non-hydrogen) atoms. The fraction of sp³-hybridized carbons (Fsp3) is 0.929. The summed E-state index contributed by atoms with van der Waals surface area (Å²) in [6.45, 7) is 6.58. The molecule has 0 heterocycles. The van der Waals surface area contributed by atoms with E-state index in [4.69, 9.17) is 9.47 Å². The van der Waals surface area contributed by atoms with Gasteiger partial charge in [0.2, 0.25) is 0 Å². The third-order valence-electron chi connectivity index (χ3n) is 3.06. The van der Waals surface area contributed by atoms with Gasteiger partial charge in [0.1, 0.15) is 0 Å². The van der Waals surface area contributed by atoms with Gasteiger partial charge >= 0.3 is 5.97 Å². The molecule has 2 unspecified atom stereocenters. The number of rotatable bonds is 10. The van der Waals surface area contributed by atoms with E-state index < -0.39 is 0 Å². The number of esters is 1. The number of carbonyl (C=O) groups is 1. The van der Waals surface area contributed by atoms with Gasteiger partial charge in [-0.3, -0.25) is 4.79 Å². The van der Waals surface area contributed by atoms with Crippen LogP contribution in [-0.4, -0.2) is 25.8 Å². The maximum absolute atomic E-state index is 11.6. The third-order valence-corrected chi connectivity index (χ3v) is 3.06. The first-order valence-electron chi connectivity index (χ1n) is 6.81. The standard InChI is InChI=1S/C14H28O3/c1-5-6-7-8-9-12(2)14(15)17-11-10-13(3)16-4/h12-13H,5-11H2,1-4H3. The minimum atomic E-state index is -0.0650. The Labute approximate surface area is 106 Å². The van der Waals surface area contributed by atoms with Crippen molar-refractivity contribution in [1.29, 1.82) is 0 Å². The van der Waals surface area contributed by atoms with Gasteiger partial charge < -0.3 is 9.47 Å². The Morgan fingerprint density at radius 2 is 1.82 bits per heavy atom. The molecule has 0 radical (unpaired) electrons. The van der Waals surface area contributed by atoms with Crippen LogP contribution in [0, 0.1) is 5.92 Å². The van der Waals surface area contributed by atoms with Crippen LogP contribution in [0.3, 0.4) is 0 Å². The normalized spacial score (nSPS) is 14.4. The summed E-state index contributed by atoms with van der Waals surface area (Å²) in [5.41, 5.74) is 0. The zero-order valence-corrected chi connectivity index (χ0v) is 11.8. The topological polar surface area (TPSA) is 35.5 Å². The van der Waals surface area contributed by atoms with Crippen molar-refractivity contribution < 1.29 is 14.3 Å². The van der Waals surface area contributed by atoms with Gasteiger partial charge in [-0.2, -0.15) is 0 Å². The molecule has 0 rings (SSSR count). The second-order valence-corrected chi connectivity index (χ2v) is 4.75. The van der Waals surface area contributed by atoms with Crippen molar-refractivity contribution in [1.82, 2.24) is 0 Å². The molecule has 3 heteroatoms. The molecule has 0 aromatic rings. The Balaban J connectivity index is 3.53. The zero-order valence-electron chi connectivity index (χ0n) is 11.8. The molecule has 0 saturated heterocycles. The van der Waals surface area contributed by atoms with E-state index in [-0.39, 0.29) is 18.0 Å².